The predicted octanol–water partition coefficient (Wildman–Crippen LogP) is 6.15. The number of aliphatic hydroxyl groups is 4. The van der Waals surface area contributed by atoms with Gasteiger partial charge in [-0.25, -0.2) is 0 Å². The summed E-state index contributed by atoms with van der Waals surface area (Å²) in [5.74, 6) is -1.05. The van der Waals surface area contributed by atoms with Gasteiger partial charge in [-0.1, -0.05) is 121 Å². The third-order valence-corrected chi connectivity index (χ3v) is 6.78. The molecule has 1 saturated heterocycles. The average molecular weight is 635 g/mol. The summed E-state index contributed by atoms with van der Waals surface area (Å²) in [5, 5.41) is 41.3. The van der Waals surface area contributed by atoms with Crippen LogP contribution in [0.1, 0.15) is 63.8 Å². The fourth-order valence-corrected chi connectivity index (χ4v) is 5.13. The van der Waals surface area contributed by atoms with Gasteiger partial charge in [0.25, 0.3) is 0 Å². The standard InChI is InChI=1S/C31H30O4.2C3H8O.Ti/c1-29(2)34-27(30(32,23-15-7-3-8-16-23)24-17-9-4-10-18-24)28(35-29)31(33,25-19-11-5-12-20-25)26-21-13-6-14-22-26;2*1-3(2)4;/h3-22,27-28,32-33H,1-2H3;2*3-4H,1-2H3;/t27-,28+;;;. The van der Waals surface area contributed by atoms with Crippen molar-refractivity contribution in [2.45, 2.75) is 82.9 Å². The summed E-state index contributed by atoms with van der Waals surface area (Å²) >= 11 is 0. The minimum absolute atomic E-state index is 0. The van der Waals surface area contributed by atoms with Crippen molar-refractivity contribution in [1.29, 1.82) is 0 Å². The summed E-state index contributed by atoms with van der Waals surface area (Å²) in [4.78, 5) is 0. The van der Waals surface area contributed by atoms with Crippen LogP contribution in [0.4, 0.5) is 0 Å². The third kappa shape index (κ3) is 9.19. The fourth-order valence-electron chi connectivity index (χ4n) is 5.13. The molecule has 1 aliphatic heterocycles. The Labute approximate surface area is 277 Å². The van der Waals surface area contributed by atoms with Gasteiger partial charge in [0.2, 0.25) is 0 Å². The molecule has 0 amide bonds. The Kier molecular flexibility index (Phi) is 14.2. The molecule has 4 N–H and O–H groups in total. The van der Waals surface area contributed by atoms with E-state index in [1.165, 1.54) is 0 Å². The maximum atomic E-state index is 12.6. The van der Waals surface area contributed by atoms with Crippen LogP contribution in [0.2, 0.25) is 0 Å². The van der Waals surface area contributed by atoms with Crippen molar-refractivity contribution in [3.63, 3.8) is 0 Å². The van der Waals surface area contributed by atoms with Crippen molar-refractivity contribution in [3.8, 4) is 0 Å². The molecule has 0 aromatic heterocycles. The van der Waals surface area contributed by atoms with Gasteiger partial charge in [0.15, 0.2) is 5.79 Å². The summed E-state index contributed by atoms with van der Waals surface area (Å²) in [6, 6.07) is 37.8. The Morgan fingerprint density at radius 2 is 0.682 bits per heavy atom. The van der Waals surface area contributed by atoms with Gasteiger partial charge in [0.1, 0.15) is 23.4 Å². The molecular weight excluding hydrogens is 588 g/mol. The van der Waals surface area contributed by atoms with E-state index >= 15 is 0 Å². The minimum atomic E-state index is -1.60. The van der Waals surface area contributed by atoms with Crippen LogP contribution in [-0.4, -0.2) is 50.6 Å². The molecule has 0 saturated carbocycles. The number of benzene rings is 4. The summed E-state index contributed by atoms with van der Waals surface area (Å²) < 4.78 is 13.0. The number of ether oxygens (including phenoxy) is 2. The molecule has 1 heterocycles. The second-order valence-corrected chi connectivity index (χ2v) is 11.7. The van der Waals surface area contributed by atoms with Crippen molar-refractivity contribution in [3.05, 3.63) is 144 Å². The van der Waals surface area contributed by atoms with Crippen LogP contribution in [-0.2, 0) is 42.4 Å². The second-order valence-electron chi connectivity index (χ2n) is 11.7. The van der Waals surface area contributed by atoms with Crippen LogP contribution < -0.4 is 0 Å². The normalized spacial score (nSPS) is 17.5. The first-order valence-corrected chi connectivity index (χ1v) is 14.7. The summed E-state index contributed by atoms with van der Waals surface area (Å²) in [7, 11) is 0. The topological polar surface area (TPSA) is 99.4 Å². The Bertz CT molecular complexity index is 1160. The first-order chi connectivity index (χ1) is 20.3. The molecule has 0 unspecified atom stereocenters. The zero-order valence-corrected chi connectivity index (χ0v) is 28.0. The SMILES string of the molecule is CC(C)O.CC(C)O.CC1(C)O[C@@H](C(O)(c2ccccc2)c2ccccc2)[C@@H](C(O)(c2ccccc2)c2ccccc2)O1.[Ti]. The van der Waals surface area contributed by atoms with Crippen LogP contribution >= 0.6 is 0 Å². The van der Waals surface area contributed by atoms with Crippen molar-refractivity contribution in [1.82, 2.24) is 0 Å². The predicted molar refractivity (Wildman–Crippen MR) is 170 cm³/mol. The maximum absolute atomic E-state index is 12.6. The summed E-state index contributed by atoms with van der Waals surface area (Å²) in [6.07, 6.45) is -2.21. The van der Waals surface area contributed by atoms with Crippen molar-refractivity contribution < 1.29 is 51.6 Å². The van der Waals surface area contributed by atoms with E-state index in [4.69, 9.17) is 19.7 Å². The molecule has 7 heteroatoms. The van der Waals surface area contributed by atoms with Crippen LogP contribution in [0.25, 0.3) is 0 Å². The smallest absolute Gasteiger partial charge is 0.164 e. The van der Waals surface area contributed by atoms with Crippen LogP contribution in [0.15, 0.2) is 121 Å². The largest absolute Gasteiger partial charge is 0.394 e. The van der Waals surface area contributed by atoms with Gasteiger partial charge < -0.3 is 29.9 Å². The molecule has 234 valence electrons. The van der Waals surface area contributed by atoms with Gasteiger partial charge in [-0.3, -0.25) is 0 Å². The van der Waals surface area contributed by atoms with Crippen LogP contribution in [0, 0.1) is 0 Å². The van der Waals surface area contributed by atoms with Gasteiger partial charge in [-0.2, -0.15) is 0 Å². The van der Waals surface area contributed by atoms with Crippen molar-refractivity contribution in [2.75, 3.05) is 0 Å². The average Bonchev–Trinajstić information content (AvgIpc) is 3.33. The molecule has 4 aromatic rings. The van der Waals surface area contributed by atoms with Crippen molar-refractivity contribution in [2.24, 2.45) is 0 Å². The van der Waals surface area contributed by atoms with E-state index in [9.17, 15) is 10.2 Å². The van der Waals surface area contributed by atoms with E-state index in [0.717, 1.165) is 0 Å². The van der Waals surface area contributed by atoms with E-state index in [1.54, 1.807) is 27.7 Å². The molecule has 0 bridgehead atoms. The molecule has 1 aliphatic rings. The molecule has 4 aromatic carbocycles. The second kappa shape index (κ2) is 16.6. The summed E-state index contributed by atoms with van der Waals surface area (Å²) in [5.41, 5.74) is -0.564. The van der Waals surface area contributed by atoms with Gasteiger partial charge in [-0.05, 0) is 63.8 Å². The van der Waals surface area contributed by atoms with Crippen LogP contribution in [0.5, 0.6) is 0 Å². The molecule has 1 fully saturated rings. The minimum Gasteiger partial charge on any atom is -0.394 e. The van der Waals surface area contributed by atoms with E-state index in [1.807, 2.05) is 135 Å². The van der Waals surface area contributed by atoms with Gasteiger partial charge >= 0.3 is 0 Å². The molecule has 5 rings (SSSR count). The number of aliphatic hydroxyl groups excluding tert-OH is 2. The van der Waals surface area contributed by atoms with Crippen molar-refractivity contribution >= 4 is 0 Å². The monoisotopic (exact) mass is 634 g/mol. The van der Waals surface area contributed by atoms with E-state index in [0.29, 0.717) is 22.3 Å². The Hall–Kier alpha value is -2.65. The fraction of sp³-hybridized carbons (Fsp3) is 0.351. The number of hydrogen-bond donors (Lipinski definition) is 4. The van der Waals surface area contributed by atoms with E-state index in [-0.39, 0.29) is 33.9 Å². The van der Waals surface area contributed by atoms with E-state index in [2.05, 4.69) is 0 Å². The molecule has 6 nitrogen and oxygen atoms in total. The van der Waals surface area contributed by atoms with Crippen LogP contribution in [0.3, 0.4) is 0 Å². The van der Waals surface area contributed by atoms with Gasteiger partial charge in [0.05, 0.1) is 0 Å². The first kappa shape index (κ1) is 37.5. The molecule has 0 aliphatic carbocycles. The molecule has 2 atom stereocenters. The number of rotatable bonds is 6. The molecule has 44 heavy (non-hydrogen) atoms. The zero-order chi connectivity index (χ0) is 31.7. The quantitative estimate of drug-likeness (QED) is 0.190. The summed E-state index contributed by atoms with van der Waals surface area (Å²) in [6.45, 7) is 10.5. The Morgan fingerprint density at radius 3 is 0.864 bits per heavy atom. The Balaban J connectivity index is 0.000000672. The third-order valence-electron chi connectivity index (χ3n) is 6.78. The Morgan fingerprint density at radius 1 is 0.500 bits per heavy atom. The van der Waals surface area contributed by atoms with Gasteiger partial charge in [0, 0.05) is 33.9 Å². The molecule has 0 spiro atoms. The molecular formula is C37H46O6Ti. The maximum Gasteiger partial charge on any atom is 0.164 e. The van der Waals surface area contributed by atoms with Gasteiger partial charge in [-0.15, -0.1) is 0 Å². The van der Waals surface area contributed by atoms with E-state index < -0.39 is 29.2 Å². The molecule has 0 radical (unpaired) electrons. The first-order valence-electron chi connectivity index (χ1n) is 14.7. The number of hydrogen-bond acceptors (Lipinski definition) is 6. The zero-order valence-electron chi connectivity index (χ0n) is 26.5.